The lowest BCUT2D eigenvalue weighted by Gasteiger charge is -2.24. The van der Waals surface area contributed by atoms with Gasteiger partial charge in [0.05, 0.1) is 7.11 Å². The van der Waals surface area contributed by atoms with E-state index in [-0.39, 0.29) is 17.9 Å². The third kappa shape index (κ3) is 3.22. The molecule has 0 spiro atoms. The summed E-state index contributed by atoms with van der Waals surface area (Å²) < 4.78 is 4.71. The maximum absolute atomic E-state index is 11.4. The molecule has 0 aromatic rings. The second-order valence-electron chi connectivity index (χ2n) is 4.17. The Labute approximate surface area is 90.6 Å². The second-order valence-corrected chi connectivity index (χ2v) is 4.17. The zero-order valence-corrected chi connectivity index (χ0v) is 9.44. The van der Waals surface area contributed by atoms with Crippen LogP contribution in [0.4, 0.5) is 4.79 Å². The molecule has 0 aromatic heterocycles. The second kappa shape index (κ2) is 5.73. The minimum absolute atomic E-state index is 0.0234. The first-order valence-corrected chi connectivity index (χ1v) is 5.47. The number of rotatable bonds is 2. The summed E-state index contributed by atoms with van der Waals surface area (Å²) in [4.78, 5) is 23.8. The monoisotopic (exact) mass is 213 g/mol. The summed E-state index contributed by atoms with van der Waals surface area (Å²) in [5, 5.41) is 0. The average molecular weight is 213 g/mol. The maximum atomic E-state index is 11.4. The highest BCUT2D eigenvalue weighted by Gasteiger charge is 2.25. The quantitative estimate of drug-likeness (QED) is 0.656. The van der Waals surface area contributed by atoms with E-state index in [0.717, 1.165) is 32.1 Å². The van der Waals surface area contributed by atoms with Crippen LogP contribution in [0.3, 0.4) is 0 Å². The molecule has 1 aliphatic rings. The van der Waals surface area contributed by atoms with E-state index in [2.05, 4.69) is 0 Å². The summed E-state index contributed by atoms with van der Waals surface area (Å²) in [6, 6.07) is 0. The van der Waals surface area contributed by atoms with Gasteiger partial charge in [0, 0.05) is 19.0 Å². The van der Waals surface area contributed by atoms with Gasteiger partial charge < -0.3 is 14.4 Å². The molecule has 86 valence electrons. The number of hydrogen-bond donors (Lipinski definition) is 0. The number of aldehydes is 1. The lowest BCUT2D eigenvalue weighted by Crippen LogP contribution is -2.36. The van der Waals surface area contributed by atoms with Gasteiger partial charge in [0.25, 0.3) is 0 Å². The molecule has 1 amide bonds. The van der Waals surface area contributed by atoms with Gasteiger partial charge in [0.2, 0.25) is 0 Å². The number of nitrogens with zero attached hydrogens (tertiary/aromatic N) is 1. The van der Waals surface area contributed by atoms with Crippen molar-refractivity contribution in [2.45, 2.75) is 26.2 Å². The summed E-state index contributed by atoms with van der Waals surface area (Å²) in [7, 11) is 1.39. The van der Waals surface area contributed by atoms with Gasteiger partial charge in [-0.25, -0.2) is 4.79 Å². The van der Waals surface area contributed by atoms with Crippen molar-refractivity contribution in [2.24, 2.45) is 11.8 Å². The van der Waals surface area contributed by atoms with Crippen molar-refractivity contribution in [1.29, 1.82) is 0 Å². The van der Waals surface area contributed by atoms with E-state index in [1.807, 2.05) is 6.92 Å². The van der Waals surface area contributed by atoms with Crippen molar-refractivity contribution in [3.63, 3.8) is 0 Å². The predicted octanol–water partition coefficient (Wildman–Crippen LogP) is 1.69. The smallest absolute Gasteiger partial charge is 0.409 e. The molecular formula is C11H19NO3. The molecule has 1 saturated heterocycles. The van der Waals surface area contributed by atoms with Crippen molar-refractivity contribution in [3.05, 3.63) is 0 Å². The molecule has 0 saturated carbocycles. The van der Waals surface area contributed by atoms with Crippen LogP contribution in [0, 0.1) is 11.8 Å². The van der Waals surface area contributed by atoms with Gasteiger partial charge in [0.15, 0.2) is 0 Å². The SMILES string of the molecule is COC(=O)N1CCCCC(C(C)C=O)C1. The standard InChI is InChI=1S/C11H19NO3/c1-9(8-13)10-5-3-4-6-12(7-10)11(14)15-2/h8-10H,3-7H2,1-2H3. The third-order valence-corrected chi connectivity index (χ3v) is 3.10. The maximum Gasteiger partial charge on any atom is 0.409 e. The van der Waals surface area contributed by atoms with Crippen LogP contribution >= 0.6 is 0 Å². The fourth-order valence-electron chi connectivity index (χ4n) is 2.01. The van der Waals surface area contributed by atoms with Crippen LogP contribution < -0.4 is 0 Å². The van der Waals surface area contributed by atoms with Crippen molar-refractivity contribution in [3.8, 4) is 0 Å². The van der Waals surface area contributed by atoms with E-state index in [0.29, 0.717) is 6.54 Å². The van der Waals surface area contributed by atoms with E-state index in [1.54, 1.807) is 4.90 Å². The Morgan fingerprint density at radius 3 is 2.87 bits per heavy atom. The Morgan fingerprint density at radius 2 is 2.27 bits per heavy atom. The molecule has 1 rings (SSSR count). The lowest BCUT2D eigenvalue weighted by molar-refractivity contribution is -0.112. The first-order chi connectivity index (χ1) is 7.19. The van der Waals surface area contributed by atoms with Crippen LogP contribution in [0.2, 0.25) is 0 Å². The summed E-state index contributed by atoms with van der Waals surface area (Å²) in [6.45, 7) is 3.31. The Morgan fingerprint density at radius 1 is 1.53 bits per heavy atom. The lowest BCUT2D eigenvalue weighted by atomic mass is 9.91. The van der Waals surface area contributed by atoms with E-state index in [1.165, 1.54) is 7.11 Å². The van der Waals surface area contributed by atoms with Gasteiger partial charge in [0.1, 0.15) is 6.29 Å². The van der Waals surface area contributed by atoms with Crippen LogP contribution in [0.25, 0.3) is 0 Å². The van der Waals surface area contributed by atoms with Gasteiger partial charge in [-0.2, -0.15) is 0 Å². The largest absolute Gasteiger partial charge is 0.453 e. The minimum atomic E-state index is -0.278. The van der Waals surface area contributed by atoms with Gasteiger partial charge >= 0.3 is 6.09 Å². The molecular weight excluding hydrogens is 194 g/mol. The van der Waals surface area contributed by atoms with Gasteiger partial charge in [-0.15, -0.1) is 0 Å². The number of likely N-dealkylation sites (tertiary alicyclic amines) is 1. The van der Waals surface area contributed by atoms with Crippen LogP contribution in [0.5, 0.6) is 0 Å². The number of amides is 1. The molecule has 0 radical (unpaired) electrons. The summed E-state index contributed by atoms with van der Waals surface area (Å²) in [5.74, 6) is 0.305. The zero-order valence-electron chi connectivity index (χ0n) is 9.44. The normalized spacial score (nSPS) is 24.1. The van der Waals surface area contributed by atoms with Crippen LogP contribution in [-0.2, 0) is 9.53 Å². The first-order valence-electron chi connectivity index (χ1n) is 5.47. The molecule has 1 fully saturated rings. The van der Waals surface area contributed by atoms with E-state index < -0.39 is 0 Å². The molecule has 0 N–H and O–H groups in total. The van der Waals surface area contributed by atoms with E-state index >= 15 is 0 Å². The Hall–Kier alpha value is -1.06. The summed E-state index contributed by atoms with van der Waals surface area (Å²) in [5.41, 5.74) is 0. The fraction of sp³-hybridized carbons (Fsp3) is 0.818. The third-order valence-electron chi connectivity index (χ3n) is 3.10. The van der Waals surface area contributed by atoms with Gasteiger partial charge in [-0.1, -0.05) is 13.3 Å². The average Bonchev–Trinajstić information content (AvgIpc) is 2.52. The number of carbonyl (C=O) groups excluding carboxylic acids is 2. The van der Waals surface area contributed by atoms with E-state index in [4.69, 9.17) is 4.74 Å². The number of hydrogen-bond acceptors (Lipinski definition) is 3. The number of carbonyl (C=O) groups is 2. The topological polar surface area (TPSA) is 46.6 Å². The Bertz CT molecular complexity index is 230. The predicted molar refractivity (Wildman–Crippen MR) is 56.5 cm³/mol. The van der Waals surface area contributed by atoms with Gasteiger partial charge in [-0.3, -0.25) is 0 Å². The summed E-state index contributed by atoms with van der Waals surface area (Å²) >= 11 is 0. The molecule has 1 aliphatic heterocycles. The van der Waals surface area contributed by atoms with E-state index in [9.17, 15) is 9.59 Å². The Kier molecular flexibility index (Phi) is 4.59. The first kappa shape index (κ1) is 12.0. The van der Waals surface area contributed by atoms with Crippen molar-refractivity contribution in [2.75, 3.05) is 20.2 Å². The van der Waals surface area contributed by atoms with Gasteiger partial charge in [-0.05, 0) is 18.8 Å². The zero-order chi connectivity index (χ0) is 11.3. The molecule has 1 heterocycles. The molecule has 0 bridgehead atoms. The molecule has 0 aliphatic carbocycles. The molecule has 2 atom stereocenters. The molecule has 2 unspecified atom stereocenters. The molecule has 4 heteroatoms. The highest BCUT2D eigenvalue weighted by atomic mass is 16.5. The number of methoxy groups -OCH3 is 1. The van der Waals surface area contributed by atoms with Crippen LogP contribution in [0.1, 0.15) is 26.2 Å². The highest BCUT2D eigenvalue weighted by Crippen LogP contribution is 2.22. The Balaban J connectivity index is 2.60. The number of ether oxygens (including phenoxy) is 1. The minimum Gasteiger partial charge on any atom is -0.453 e. The van der Waals surface area contributed by atoms with Crippen molar-refractivity contribution < 1.29 is 14.3 Å². The highest BCUT2D eigenvalue weighted by molar-refractivity contribution is 5.67. The molecule has 4 nitrogen and oxygen atoms in total. The van der Waals surface area contributed by atoms with Crippen LogP contribution in [0.15, 0.2) is 0 Å². The van der Waals surface area contributed by atoms with Crippen molar-refractivity contribution in [1.82, 2.24) is 4.90 Å². The molecule has 0 aromatic carbocycles. The summed E-state index contributed by atoms with van der Waals surface area (Å²) in [6.07, 6.45) is 3.80. The fourth-order valence-corrected chi connectivity index (χ4v) is 2.01. The van der Waals surface area contributed by atoms with Crippen LogP contribution in [-0.4, -0.2) is 37.5 Å². The van der Waals surface area contributed by atoms with Crippen molar-refractivity contribution >= 4 is 12.4 Å². The molecule has 15 heavy (non-hydrogen) atoms.